The summed E-state index contributed by atoms with van der Waals surface area (Å²) in [5, 5.41) is 14.8. The molecule has 7 nitrogen and oxygen atoms in total. The van der Waals surface area contributed by atoms with E-state index < -0.39 is 0 Å². The molecule has 1 aliphatic rings. The smallest absolute Gasteiger partial charge is 0.259 e. The fraction of sp³-hybridized carbons (Fsp3) is 0.300. The number of aryl methyl sites for hydroxylation is 1. The zero-order chi connectivity index (χ0) is 20.2. The van der Waals surface area contributed by atoms with E-state index >= 15 is 0 Å². The molecule has 0 bridgehead atoms. The maximum atomic E-state index is 12.2. The van der Waals surface area contributed by atoms with Crippen molar-refractivity contribution in [2.75, 3.05) is 35.2 Å². The highest BCUT2D eigenvalue weighted by atomic mass is 35.5. The van der Waals surface area contributed by atoms with Crippen LogP contribution >= 0.6 is 22.9 Å². The fourth-order valence-corrected chi connectivity index (χ4v) is 4.03. The minimum absolute atomic E-state index is 0.246. The molecular formula is C20H21ClN6OS. The number of nitrogens with one attached hydrogen (secondary N) is 2. The van der Waals surface area contributed by atoms with Gasteiger partial charge in [0.2, 0.25) is 5.13 Å². The Morgan fingerprint density at radius 1 is 1.34 bits per heavy atom. The van der Waals surface area contributed by atoms with Crippen molar-refractivity contribution in [3.05, 3.63) is 58.2 Å². The summed E-state index contributed by atoms with van der Waals surface area (Å²) in [5.74, 6) is 1.04. The minimum atomic E-state index is -0.246. The third kappa shape index (κ3) is 4.83. The predicted molar refractivity (Wildman–Crippen MR) is 117 cm³/mol. The molecule has 1 aromatic carbocycles. The minimum Gasteiger partial charge on any atom is -0.371 e. The number of rotatable bonds is 6. The van der Waals surface area contributed by atoms with Gasteiger partial charge >= 0.3 is 0 Å². The van der Waals surface area contributed by atoms with Crippen LogP contribution in [-0.2, 0) is 0 Å². The molecule has 1 fully saturated rings. The van der Waals surface area contributed by atoms with Gasteiger partial charge in [-0.05, 0) is 49.1 Å². The Morgan fingerprint density at radius 3 is 3.00 bits per heavy atom. The van der Waals surface area contributed by atoms with Crippen molar-refractivity contribution in [1.29, 1.82) is 0 Å². The molecule has 1 saturated heterocycles. The summed E-state index contributed by atoms with van der Waals surface area (Å²) < 4.78 is 0. The third-order valence-electron chi connectivity index (χ3n) is 4.98. The summed E-state index contributed by atoms with van der Waals surface area (Å²) in [6.45, 7) is 4.95. The molecule has 0 spiro atoms. The fourth-order valence-electron chi connectivity index (χ4n) is 3.42. The first kappa shape index (κ1) is 19.6. The molecule has 3 heterocycles. The van der Waals surface area contributed by atoms with Crippen molar-refractivity contribution in [2.45, 2.75) is 13.3 Å². The number of hydrogen-bond acceptors (Lipinski definition) is 7. The normalized spacial score (nSPS) is 16.1. The standard InChI is InChI=1S/C20H21ClN6OS/c1-13-2-4-16(21)8-17(13)27-7-6-14(11-27)9-22-18-5-3-15(10-23-18)19(28)25-20-26-24-12-29-20/h2-5,8,10,12,14H,6-7,9,11H2,1H3,(H,22,23)(H,25,26,28). The number of amides is 1. The van der Waals surface area contributed by atoms with Crippen LogP contribution in [0.3, 0.4) is 0 Å². The lowest BCUT2D eigenvalue weighted by Gasteiger charge is -2.21. The van der Waals surface area contributed by atoms with Crippen LogP contribution in [0.2, 0.25) is 5.02 Å². The Labute approximate surface area is 178 Å². The summed E-state index contributed by atoms with van der Waals surface area (Å²) in [6.07, 6.45) is 2.68. The third-order valence-corrected chi connectivity index (χ3v) is 5.82. The van der Waals surface area contributed by atoms with Gasteiger partial charge in [-0.25, -0.2) is 4.98 Å². The summed E-state index contributed by atoms with van der Waals surface area (Å²) in [7, 11) is 0. The number of carbonyl (C=O) groups excluding carboxylic acids is 1. The van der Waals surface area contributed by atoms with Crippen LogP contribution in [0, 0.1) is 12.8 Å². The largest absolute Gasteiger partial charge is 0.371 e. The highest BCUT2D eigenvalue weighted by Gasteiger charge is 2.23. The van der Waals surface area contributed by atoms with Crippen LogP contribution in [0.4, 0.5) is 16.6 Å². The highest BCUT2D eigenvalue weighted by molar-refractivity contribution is 7.13. The molecular weight excluding hydrogens is 408 g/mol. The zero-order valence-corrected chi connectivity index (χ0v) is 17.5. The first-order valence-corrected chi connectivity index (χ1v) is 10.6. The molecule has 2 aromatic heterocycles. The van der Waals surface area contributed by atoms with Crippen molar-refractivity contribution in [2.24, 2.45) is 5.92 Å². The van der Waals surface area contributed by atoms with E-state index in [2.05, 4.69) is 43.7 Å². The highest BCUT2D eigenvalue weighted by Crippen LogP contribution is 2.29. The molecule has 0 saturated carbocycles. The van der Waals surface area contributed by atoms with Crippen molar-refractivity contribution < 1.29 is 4.79 Å². The molecule has 150 valence electrons. The molecule has 2 N–H and O–H groups in total. The molecule has 1 amide bonds. The van der Waals surface area contributed by atoms with E-state index in [1.807, 2.05) is 18.2 Å². The number of carbonyl (C=O) groups is 1. The molecule has 1 atom stereocenters. The van der Waals surface area contributed by atoms with Crippen molar-refractivity contribution in [1.82, 2.24) is 15.2 Å². The predicted octanol–water partition coefficient (Wildman–Crippen LogP) is 4.09. The van der Waals surface area contributed by atoms with Gasteiger partial charge in [-0.2, -0.15) is 0 Å². The van der Waals surface area contributed by atoms with Gasteiger partial charge in [0.25, 0.3) is 5.91 Å². The molecule has 9 heteroatoms. The number of benzene rings is 1. The zero-order valence-electron chi connectivity index (χ0n) is 15.9. The van der Waals surface area contributed by atoms with E-state index in [0.717, 1.165) is 36.9 Å². The Morgan fingerprint density at radius 2 is 2.24 bits per heavy atom. The van der Waals surface area contributed by atoms with Crippen molar-refractivity contribution in [3.63, 3.8) is 0 Å². The lowest BCUT2D eigenvalue weighted by molar-refractivity contribution is 0.102. The molecule has 29 heavy (non-hydrogen) atoms. The van der Waals surface area contributed by atoms with Crippen molar-refractivity contribution in [3.8, 4) is 0 Å². The first-order chi connectivity index (χ1) is 14.1. The second-order valence-electron chi connectivity index (χ2n) is 7.04. The Kier molecular flexibility index (Phi) is 5.92. The Hall–Kier alpha value is -2.71. The lowest BCUT2D eigenvalue weighted by Crippen LogP contribution is -2.23. The second kappa shape index (κ2) is 8.75. The van der Waals surface area contributed by atoms with Gasteiger partial charge in [-0.1, -0.05) is 29.0 Å². The monoisotopic (exact) mass is 428 g/mol. The van der Waals surface area contributed by atoms with Crippen molar-refractivity contribution >= 4 is 45.5 Å². The maximum Gasteiger partial charge on any atom is 0.259 e. The molecule has 0 aliphatic carbocycles. The summed E-state index contributed by atoms with van der Waals surface area (Å²) in [6, 6.07) is 9.61. The van der Waals surface area contributed by atoms with Gasteiger partial charge in [0.1, 0.15) is 11.3 Å². The number of aromatic nitrogens is 3. The van der Waals surface area contributed by atoms with E-state index in [1.54, 1.807) is 17.8 Å². The van der Waals surface area contributed by atoms with E-state index in [4.69, 9.17) is 11.6 Å². The van der Waals surface area contributed by atoms with Crippen LogP contribution < -0.4 is 15.5 Å². The lowest BCUT2D eigenvalue weighted by atomic mass is 10.1. The molecule has 1 aliphatic heterocycles. The number of halogens is 1. The topological polar surface area (TPSA) is 83.0 Å². The first-order valence-electron chi connectivity index (χ1n) is 9.37. The number of nitrogens with zero attached hydrogens (tertiary/aromatic N) is 4. The average Bonchev–Trinajstić information content (AvgIpc) is 3.41. The maximum absolute atomic E-state index is 12.2. The number of pyridine rings is 1. The van der Waals surface area contributed by atoms with Crippen LogP contribution in [0.1, 0.15) is 22.3 Å². The molecule has 0 radical (unpaired) electrons. The van der Waals surface area contributed by atoms with Gasteiger partial charge in [-0.3, -0.25) is 10.1 Å². The van der Waals surface area contributed by atoms with E-state index in [9.17, 15) is 4.79 Å². The van der Waals surface area contributed by atoms with E-state index in [1.165, 1.54) is 22.6 Å². The van der Waals surface area contributed by atoms with Gasteiger partial charge < -0.3 is 10.2 Å². The van der Waals surface area contributed by atoms with Crippen LogP contribution in [0.25, 0.3) is 0 Å². The SMILES string of the molecule is Cc1ccc(Cl)cc1N1CCC(CNc2ccc(C(=O)Nc3nncs3)cn2)C1. The van der Waals surface area contributed by atoms with Crippen LogP contribution in [-0.4, -0.2) is 40.7 Å². The van der Waals surface area contributed by atoms with Gasteiger partial charge in [0.15, 0.2) is 0 Å². The van der Waals surface area contributed by atoms with Gasteiger partial charge in [0, 0.05) is 36.5 Å². The van der Waals surface area contributed by atoms with E-state index in [0.29, 0.717) is 16.6 Å². The van der Waals surface area contributed by atoms with E-state index in [-0.39, 0.29) is 5.91 Å². The number of anilines is 3. The summed E-state index contributed by atoms with van der Waals surface area (Å²) >= 11 is 7.44. The molecule has 4 rings (SSSR count). The molecule has 3 aromatic rings. The Balaban J connectivity index is 1.29. The quantitative estimate of drug-likeness (QED) is 0.615. The van der Waals surface area contributed by atoms with Crippen LogP contribution in [0.15, 0.2) is 42.0 Å². The Bertz CT molecular complexity index is 979. The van der Waals surface area contributed by atoms with Gasteiger partial charge in [0.05, 0.1) is 5.56 Å². The molecule has 1 unspecified atom stereocenters. The van der Waals surface area contributed by atoms with Gasteiger partial charge in [-0.15, -0.1) is 10.2 Å². The average molecular weight is 429 g/mol. The second-order valence-corrected chi connectivity index (χ2v) is 8.31. The summed E-state index contributed by atoms with van der Waals surface area (Å²) in [4.78, 5) is 18.9. The van der Waals surface area contributed by atoms with Crippen LogP contribution in [0.5, 0.6) is 0 Å². The summed E-state index contributed by atoms with van der Waals surface area (Å²) in [5.41, 5.74) is 4.50. The number of hydrogen-bond donors (Lipinski definition) is 2.